The van der Waals surface area contributed by atoms with Crippen molar-refractivity contribution in [2.24, 2.45) is 5.10 Å². The van der Waals surface area contributed by atoms with E-state index in [1.54, 1.807) is 18.2 Å². The number of nitrogens with one attached hydrogen (secondary N) is 2. The Labute approximate surface area is 185 Å². The number of hydrogen-bond donors (Lipinski definition) is 2. The average molecular weight is 452 g/mol. The fraction of sp³-hybridized carbons (Fsp3) is 0.0455. The van der Waals surface area contributed by atoms with Crippen LogP contribution in [0, 0.1) is 10.1 Å². The molecule has 0 aliphatic carbocycles. The van der Waals surface area contributed by atoms with Crippen molar-refractivity contribution < 1.29 is 18.1 Å². The standard InChI is InChI=1S/C22H20N4O5S/c1-31-20-12-9-18(10-13-20)25-32(29,30)22-16-19(26(27)28)11-14-21(22)24-23-15-5-8-17-6-3-2-4-7-17/h2-16,24-25H,1H3/b8-5+,23-15+. The number of ether oxygens (including phenoxy) is 1. The number of anilines is 2. The van der Waals surface area contributed by atoms with E-state index in [4.69, 9.17) is 4.74 Å². The Kier molecular flexibility index (Phi) is 7.19. The number of benzene rings is 3. The summed E-state index contributed by atoms with van der Waals surface area (Å²) in [5.41, 5.74) is 3.60. The lowest BCUT2D eigenvalue weighted by atomic mass is 10.2. The van der Waals surface area contributed by atoms with Crippen LogP contribution in [-0.4, -0.2) is 26.7 Å². The fourth-order valence-corrected chi connectivity index (χ4v) is 3.91. The van der Waals surface area contributed by atoms with Crippen molar-refractivity contribution in [2.75, 3.05) is 17.3 Å². The van der Waals surface area contributed by atoms with Crippen molar-refractivity contribution in [1.82, 2.24) is 0 Å². The maximum atomic E-state index is 13.0. The molecule has 0 amide bonds. The van der Waals surface area contributed by atoms with Crippen LogP contribution in [0.5, 0.6) is 5.75 Å². The summed E-state index contributed by atoms with van der Waals surface area (Å²) in [7, 11) is -2.66. The van der Waals surface area contributed by atoms with E-state index in [0.717, 1.165) is 11.6 Å². The van der Waals surface area contributed by atoms with Gasteiger partial charge >= 0.3 is 0 Å². The fourth-order valence-electron chi connectivity index (χ4n) is 2.68. The number of nitro groups is 1. The second kappa shape index (κ2) is 10.2. The summed E-state index contributed by atoms with van der Waals surface area (Å²) in [4.78, 5) is 10.2. The monoisotopic (exact) mass is 452 g/mol. The molecule has 0 spiro atoms. The van der Waals surface area contributed by atoms with E-state index in [9.17, 15) is 18.5 Å². The molecule has 9 nitrogen and oxygen atoms in total. The molecule has 0 saturated heterocycles. The van der Waals surface area contributed by atoms with E-state index < -0.39 is 14.9 Å². The van der Waals surface area contributed by atoms with Gasteiger partial charge in [-0.3, -0.25) is 20.3 Å². The van der Waals surface area contributed by atoms with Gasteiger partial charge in [0.1, 0.15) is 10.6 Å². The molecule has 3 aromatic rings. The van der Waals surface area contributed by atoms with Crippen LogP contribution in [0.2, 0.25) is 0 Å². The molecular formula is C22H20N4O5S. The van der Waals surface area contributed by atoms with Crippen LogP contribution in [0.1, 0.15) is 5.56 Å². The number of hydrazone groups is 1. The van der Waals surface area contributed by atoms with E-state index in [-0.39, 0.29) is 22.0 Å². The highest BCUT2D eigenvalue weighted by Gasteiger charge is 2.22. The van der Waals surface area contributed by atoms with Gasteiger partial charge in [-0.25, -0.2) is 8.42 Å². The highest BCUT2D eigenvalue weighted by atomic mass is 32.2. The molecule has 0 unspecified atom stereocenters. The predicted octanol–water partition coefficient (Wildman–Crippen LogP) is 4.52. The molecule has 3 aromatic carbocycles. The molecule has 0 atom stereocenters. The van der Waals surface area contributed by atoms with Crippen LogP contribution in [0.4, 0.5) is 17.1 Å². The van der Waals surface area contributed by atoms with Gasteiger partial charge < -0.3 is 4.74 Å². The molecule has 32 heavy (non-hydrogen) atoms. The zero-order valence-corrected chi connectivity index (χ0v) is 17.8. The summed E-state index contributed by atoms with van der Waals surface area (Å²) in [5, 5.41) is 15.2. The summed E-state index contributed by atoms with van der Waals surface area (Å²) in [6, 6.07) is 19.2. The third kappa shape index (κ3) is 5.92. The summed E-state index contributed by atoms with van der Waals surface area (Å²) in [6.07, 6.45) is 4.95. The molecule has 0 aliphatic rings. The molecule has 2 N–H and O–H groups in total. The molecule has 3 rings (SSSR count). The van der Waals surface area contributed by atoms with E-state index in [2.05, 4.69) is 15.2 Å². The minimum absolute atomic E-state index is 0.0842. The molecule has 0 aromatic heterocycles. The summed E-state index contributed by atoms with van der Waals surface area (Å²) in [5.74, 6) is 0.559. The van der Waals surface area contributed by atoms with Crippen molar-refractivity contribution in [2.45, 2.75) is 4.90 Å². The Morgan fingerprint density at radius 3 is 2.41 bits per heavy atom. The molecule has 0 aliphatic heterocycles. The van der Waals surface area contributed by atoms with E-state index in [1.165, 1.54) is 37.6 Å². The summed E-state index contributed by atoms with van der Waals surface area (Å²) in [6.45, 7) is 0. The number of hydrogen-bond acceptors (Lipinski definition) is 7. The van der Waals surface area contributed by atoms with Gasteiger partial charge in [-0.15, -0.1) is 0 Å². The third-order valence-electron chi connectivity index (χ3n) is 4.24. The number of sulfonamides is 1. The maximum Gasteiger partial charge on any atom is 0.270 e. The Bertz CT molecular complexity index is 1240. The van der Waals surface area contributed by atoms with Crippen LogP contribution < -0.4 is 14.9 Å². The van der Waals surface area contributed by atoms with Gasteiger partial charge in [0.05, 0.1) is 17.7 Å². The molecule has 0 fully saturated rings. The number of allylic oxidation sites excluding steroid dienone is 1. The van der Waals surface area contributed by atoms with Crippen molar-refractivity contribution in [3.8, 4) is 5.75 Å². The van der Waals surface area contributed by atoms with Crippen LogP contribution in [-0.2, 0) is 10.0 Å². The molecule has 164 valence electrons. The van der Waals surface area contributed by atoms with Crippen LogP contribution in [0.15, 0.2) is 88.9 Å². The second-order valence-corrected chi connectivity index (χ2v) is 8.08. The number of non-ortho nitro benzene ring substituents is 1. The maximum absolute atomic E-state index is 13.0. The first-order valence-corrected chi connectivity index (χ1v) is 10.8. The summed E-state index contributed by atoms with van der Waals surface area (Å²) >= 11 is 0. The molecule has 0 bridgehead atoms. The number of nitrogens with zero attached hydrogens (tertiary/aromatic N) is 2. The first kappa shape index (κ1) is 22.5. The van der Waals surface area contributed by atoms with Gasteiger partial charge in [-0.05, 0) is 42.0 Å². The number of rotatable bonds is 9. The van der Waals surface area contributed by atoms with Crippen molar-refractivity contribution >= 4 is 39.4 Å². The first-order valence-electron chi connectivity index (χ1n) is 9.35. The highest BCUT2D eigenvalue weighted by molar-refractivity contribution is 7.92. The smallest absolute Gasteiger partial charge is 0.270 e. The SMILES string of the molecule is COc1ccc(NS(=O)(=O)c2cc([N+](=O)[O-])ccc2N/N=C/C=C/c2ccccc2)cc1. The van der Waals surface area contributed by atoms with Crippen molar-refractivity contribution in [3.05, 3.63) is 94.6 Å². The van der Waals surface area contributed by atoms with Gasteiger partial charge in [0.2, 0.25) is 0 Å². The lowest BCUT2D eigenvalue weighted by Crippen LogP contribution is -2.15. The van der Waals surface area contributed by atoms with Gasteiger partial charge in [0.15, 0.2) is 0 Å². The van der Waals surface area contributed by atoms with E-state index in [1.807, 2.05) is 36.4 Å². The Morgan fingerprint density at radius 2 is 1.75 bits per heavy atom. The van der Waals surface area contributed by atoms with Gasteiger partial charge in [-0.1, -0.05) is 36.4 Å². The molecule has 10 heteroatoms. The highest BCUT2D eigenvalue weighted by Crippen LogP contribution is 2.28. The van der Waals surface area contributed by atoms with Gasteiger partial charge in [0, 0.05) is 24.0 Å². The predicted molar refractivity (Wildman–Crippen MR) is 124 cm³/mol. The Balaban J connectivity index is 1.84. The molecule has 0 radical (unpaired) electrons. The van der Waals surface area contributed by atoms with E-state index in [0.29, 0.717) is 5.75 Å². The summed E-state index contributed by atoms with van der Waals surface area (Å²) < 4.78 is 33.4. The largest absolute Gasteiger partial charge is 0.497 e. The molecular weight excluding hydrogens is 432 g/mol. The molecule has 0 heterocycles. The number of methoxy groups -OCH3 is 1. The minimum Gasteiger partial charge on any atom is -0.497 e. The van der Waals surface area contributed by atoms with Crippen molar-refractivity contribution in [1.29, 1.82) is 0 Å². The average Bonchev–Trinajstić information content (AvgIpc) is 2.79. The second-order valence-electron chi connectivity index (χ2n) is 6.43. The Hall–Kier alpha value is -4.18. The zero-order chi connectivity index (χ0) is 23.0. The van der Waals surface area contributed by atoms with Crippen LogP contribution in [0.3, 0.4) is 0 Å². The first-order chi connectivity index (χ1) is 15.4. The normalized spacial score (nSPS) is 11.5. The quantitative estimate of drug-likeness (QED) is 0.280. The minimum atomic E-state index is -4.15. The van der Waals surface area contributed by atoms with Crippen molar-refractivity contribution in [3.63, 3.8) is 0 Å². The van der Waals surface area contributed by atoms with E-state index >= 15 is 0 Å². The Morgan fingerprint density at radius 1 is 1.03 bits per heavy atom. The van der Waals surface area contributed by atoms with Gasteiger partial charge in [0.25, 0.3) is 15.7 Å². The van der Waals surface area contributed by atoms with Crippen LogP contribution >= 0.6 is 0 Å². The van der Waals surface area contributed by atoms with Gasteiger partial charge in [-0.2, -0.15) is 5.10 Å². The number of nitro benzene ring substituents is 1. The van der Waals surface area contributed by atoms with Crippen LogP contribution in [0.25, 0.3) is 6.08 Å². The lowest BCUT2D eigenvalue weighted by molar-refractivity contribution is -0.385. The lowest BCUT2D eigenvalue weighted by Gasteiger charge is -2.12. The third-order valence-corrected chi connectivity index (χ3v) is 5.66. The topological polar surface area (TPSA) is 123 Å². The zero-order valence-electron chi connectivity index (χ0n) is 17.0. The molecule has 0 saturated carbocycles.